The lowest BCUT2D eigenvalue weighted by molar-refractivity contribution is 0.571. The van der Waals surface area contributed by atoms with E-state index in [9.17, 15) is 4.39 Å². The highest BCUT2D eigenvalue weighted by Gasteiger charge is 2.13. The van der Waals surface area contributed by atoms with E-state index in [1.807, 2.05) is 24.3 Å². The average molecular weight is 319 g/mol. The molecule has 0 bridgehead atoms. The van der Waals surface area contributed by atoms with Gasteiger partial charge in [0.05, 0.1) is 0 Å². The first-order chi connectivity index (χ1) is 11.8. The lowest BCUT2D eigenvalue weighted by Gasteiger charge is -2.18. The van der Waals surface area contributed by atoms with Gasteiger partial charge in [-0.1, -0.05) is 78.9 Å². The molecule has 0 aliphatic carbocycles. The Labute approximate surface area is 143 Å². The van der Waals surface area contributed by atoms with Crippen LogP contribution in [-0.4, -0.2) is 6.54 Å². The highest BCUT2D eigenvalue weighted by Crippen LogP contribution is 2.27. The monoisotopic (exact) mass is 319 g/mol. The Morgan fingerprint density at radius 2 is 1.25 bits per heavy atom. The van der Waals surface area contributed by atoms with Gasteiger partial charge in [-0.3, -0.25) is 0 Å². The second-order valence-electron chi connectivity index (χ2n) is 5.93. The van der Waals surface area contributed by atoms with Crippen LogP contribution < -0.4 is 5.32 Å². The molecule has 1 N–H and O–H groups in total. The van der Waals surface area contributed by atoms with Crippen molar-refractivity contribution in [3.8, 4) is 0 Å². The molecule has 0 spiro atoms. The first-order valence-electron chi connectivity index (χ1n) is 8.38. The van der Waals surface area contributed by atoms with Crippen molar-refractivity contribution in [1.82, 2.24) is 5.32 Å². The summed E-state index contributed by atoms with van der Waals surface area (Å²) in [5.74, 6) is 0.202. The van der Waals surface area contributed by atoms with E-state index in [4.69, 9.17) is 0 Å². The van der Waals surface area contributed by atoms with Crippen molar-refractivity contribution >= 4 is 0 Å². The fraction of sp³-hybridized carbons (Fsp3) is 0.182. The number of hydrogen-bond donors (Lipinski definition) is 1. The Hall–Kier alpha value is -2.45. The maximum absolute atomic E-state index is 13.7. The number of rotatable bonds is 7. The lowest BCUT2D eigenvalue weighted by Crippen LogP contribution is -2.18. The van der Waals surface area contributed by atoms with Crippen LogP contribution in [0, 0.1) is 5.82 Å². The van der Waals surface area contributed by atoms with E-state index in [-0.39, 0.29) is 5.82 Å². The second kappa shape index (κ2) is 8.42. The summed E-state index contributed by atoms with van der Waals surface area (Å²) in [7, 11) is 0. The summed E-state index contributed by atoms with van der Waals surface area (Å²) in [6.07, 6.45) is 0.975. The molecule has 3 aromatic carbocycles. The molecule has 0 fully saturated rings. The van der Waals surface area contributed by atoms with Gasteiger partial charge in [-0.05, 0) is 30.2 Å². The molecular formula is C22H22FN. The molecule has 0 amide bonds. The van der Waals surface area contributed by atoms with Gasteiger partial charge < -0.3 is 5.32 Å². The Morgan fingerprint density at radius 3 is 1.83 bits per heavy atom. The van der Waals surface area contributed by atoms with E-state index in [2.05, 4.69) is 53.8 Å². The van der Waals surface area contributed by atoms with Crippen LogP contribution in [0.4, 0.5) is 4.39 Å². The molecule has 0 aliphatic rings. The Balaban J connectivity index is 1.64. The largest absolute Gasteiger partial charge is 0.313 e. The van der Waals surface area contributed by atoms with E-state index >= 15 is 0 Å². The van der Waals surface area contributed by atoms with Gasteiger partial charge in [-0.25, -0.2) is 4.39 Å². The van der Waals surface area contributed by atoms with E-state index in [0.29, 0.717) is 18.0 Å². The highest BCUT2D eigenvalue weighted by atomic mass is 19.1. The Morgan fingerprint density at radius 1 is 0.708 bits per heavy atom. The highest BCUT2D eigenvalue weighted by molar-refractivity contribution is 5.32. The minimum Gasteiger partial charge on any atom is -0.313 e. The maximum Gasteiger partial charge on any atom is 0.127 e. The first-order valence-corrected chi connectivity index (χ1v) is 8.38. The van der Waals surface area contributed by atoms with Crippen LogP contribution in [0.3, 0.4) is 0 Å². The lowest BCUT2D eigenvalue weighted by atomic mass is 9.88. The molecule has 0 unspecified atom stereocenters. The van der Waals surface area contributed by atoms with Crippen molar-refractivity contribution in [1.29, 1.82) is 0 Å². The predicted molar refractivity (Wildman–Crippen MR) is 97.5 cm³/mol. The maximum atomic E-state index is 13.7. The van der Waals surface area contributed by atoms with Crippen LogP contribution in [0.2, 0.25) is 0 Å². The average Bonchev–Trinajstić information content (AvgIpc) is 2.64. The molecule has 122 valence electrons. The van der Waals surface area contributed by atoms with E-state index in [1.54, 1.807) is 6.07 Å². The van der Waals surface area contributed by atoms with Crippen molar-refractivity contribution in [3.63, 3.8) is 0 Å². The van der Waals surface area contributed by atoms with Gasteiger partial charge in [0, 0.05) is 18.0 Å². The van der Waals surface area contributed by atoms with E-state index in [0.717, 1.165) is 13.0 Å². The van der Waals surface area contributed by atoms with Crippen LogP contribution in [0.15, 0.2) is 84.9 Å². The fourth-order valence-electron chi connectivity index (χ4n) is 3.01. The van der Waals surface area contributed by atoms with Crippen LogP contribution in [0.5, 0.6) is 0 Å². The summed E-state index contributed by atoms with van der Waals surface area (Å²) >= 11 is 0. The Kier molecular flexibility index (Phi) is 5.75. The van der Waals surface area contributed by atoms with Gasteiger partial charge >= 0.3 is 0 Å². The zero-order valence-corrected chi connectivity index (χ0v) is 13.7. The topological polar surface area (TPSA) is 12.0 Å². The van der Waals surface area contributed by atoms with Crippen molar-refractivity contribution in [3.05, 3.63) is 107 Å². The number of hydrogen-bond acceptors (Lipinski definition) is 1. The molecule has 2 heteroatoms. The minimum atomic E-state index is -0.146. The van der Waals surface area contributed by atoms with Crippen LogP contribution >= 0.6 is 0 Å². The quantitative estimate of drug-likeness (QED) is 0.595. The molecule has 0 radical (unpaired) electrons. The van der Waals surface area contributed by atoms with Crippen molar-refractivity contribution < 1.29 is 4.39 Å². The van der Waals surface area contributed by atoms with Crippen LogP contribution in [-0.2, 0) is 6.54 Å². The second-order valence-corrected chi connectivity index (χ2v) is 5.93. The van der Waals surface area contributed by atoms with Gasteiger partial charge in [0.15, 0.2) is 0 Å². The third-order valence-corrected chi connectivity index (χ3v) is 4.29. The summed E-state index contributed by atoms with van der Waals surface area (Å²) in [4.78, 5) is 0. The molecular weight excluding hydrogens is 297 g/mol. The molecule has 0 heterocycles. The molecule has 0 atom stereocenters. The summed E-state index contributed by atoms with van der Waals surface area (Å²) in [6, 6.07) is 28.0. The summed E-state index contributed by atoms with van der Waals surface area (Å²) in [5, 5.41) is 3.37. The SMILES string of the molecule is Fc1ccccc1CNCCC(c1ccccc1)c1ccccc1. The Bertz CT molecular complexity index is 701. The summed E-state index contributed by atoms with van der Waals surface area (Å²) in [6.45, 7) is 1.39. The van der Waals surface area contributed by atoms with E-state index in [1.165, 1.54) is 17.2 Å². The third-order valence-electron chi connectivity index (χ3n) is 4.29. The standard InChI is InChI=1S/C22H22FN/c23-22-14-8-7-13-20(22)17-24-16-15-21(18-9-3-1-4-10-18)19-11-5-2-6-12-19/h1-14,21,24H,15-17H2. The molecule has 0 aromatic heterocycles. The first kappa shape index (κ1) is 16.4. The molecule has 0 aliphatic heterocycles. The van der Waals surface area contributed by atoms with Gasteiger partial charge in [-0.15, -0.1) is 0 Å². The fourth-order valence-corrected chi connectivity index (χ4v) is 3.01. The zero-order chi connectivity index (χ0) is 16.6. The van der Waals surface area contributed by atoms with Gasteiger partial charge in [-0.2, -0.15) is 0 Å². The number of nitrogens with one attached hydrogen (secondary N) is 1. The van der Waals surface area contributed by atoms with Gasteiger partial charge in [0.1, 0.15) is 5.82 Å². The van der Waals surface area contributed by atoms with Gasteiger partial charge in [0.2, 0.25) is 0 Å². The molecule has 0 saturated heterocycles. The van der Waals surface area contributed by atoms with Crippen LogP contribution in [0.1, 0.15) is 29.0 Å². The zero-order valence-electron chi connectivity index (χ0n) is 13.7. The summed E-state index contributed by atoms with van der Waals surface area (Å²) < 4.78 is 13.7. The predicted octanol–water partition coefficient (Wildman–Crippen LogP) is 5.14. The summed E-state index contributed by atoms with van der Waals surface area (Å²) in [5.41, 5.74) is 3.35. The van der Waals surface area contributed by atoms with Crippen molar-refractivity contribution in [2.45, 2.75) is 18.9 Å². The normalized spacial score (nSPS) is 10.9. The van der Waals surface area contributed by atoms with Crippen LogP contribution in [0.25, 0.3) is 0 Å². The van der Waals surface area contributed by atoms with E-state index < -0.39 is 0 Å². The molecule has 3 aromatic rings. The molecule has 24 heavy (non-hydrogen) atoms. The van der Waals surface area contributed by atoms with Crippen molar-refractivity contribution in [2.75, 3.05) is 6.54 Å². The number of benzene rings is 3. The molecule has 1 nitrogen and oxygen atoms in total. The molecule has 3 rings (SSSR count). The minimum absolute atomic E-state index is 0.146. The smallest absolute Gasteiger partial charge is 0.127 e. The third kappa shape index (κ3) is 4.30. The van der Waals surface area contributed by atoms with Gasteiger partial charge in [0.25, 0.3) is 0 Å². The molecule has 0 saturated carbocycles. The van der Waals surface area contributed by atoms with Crippen molar-refractivity contribution in [2.24, 2.45) is 0 Å². The number of halogens is 1.